The summed E-state index contributed by atoms with van der Waals surface area (Å²) in [6, 6.07) is 20.2. The molecule has 0 spiro atoms. The molecule has 3 aromatic carbocycles. The number of hydrogen-bond donors (Lipinski definition) is 1. The molecule has 0 aliphatic rings. The summed E-state index contributed by atoms with van der Waals surface area (Å²) in [4.78, 5) is 21.0. The van der Waals surface area contributed by atoms with Crippen molar-refractivity contribution in [3.63, 3.8) is 0 Å². The fourth-order valence-corrected chi connectivity index (χ4v) is 4.50. The van der Waals surface area contributed by atoms with Gasteiger partial charge in [-0.3, -0.25) is 4.79 Å². The summed E-state index contributed by atoms with van der Waals surface area (Å²) < 4.78 is 26.0. The number of anilines is 2. The molecule has 0 aliphatic carbocycles. The Morgan fingerprint density at radius 2 is 1.61 bits per heavy atom. The maximum atomic E-state index is 13.0. The van der Waals surface area contributed by atoms with E-state index in [1.165, 1.54) is 31.2 Å². The molecule has 1 aromatic heterocycles. The normalized spacial score (nSPS) is 11.4. The van der Waals surface area contributed by atoms with Gasteiger partial charge in [0, 0.05) is 16.3 Å². The molecule has 6 nitrogen and oxygen atoms in total. The number of hydrogen-bond acceptors (Lipinski definition) is 6. The van der Waals surface area contributed by atoms with Crippen molar-refractivity contribution < 1.29 is 13.2 Å². The highest BCUT2D eigenvalue weighted by molar-refractivity contribution is 7.90. The van der Waals surface area contributed by atoms with Crippen molar-refractivity contribution in [3.05, 3.63) is 89.1 Å². The Balaban J connectivity index is 1.77. The number of para-hydroxylation sites is 2. The van der Waals surface area contributed by atoms with Crippen molar-refractivity contribution in [1.82, 2.24) is 9.97 Å². The largest absolute Gasteiger partial charge is 0.339 e. The van der Waals surface area contributed by atoms with Gasteiger partial charge in [0.2, 0.25) is 0 Å². The molecule has 0 saturated carbocycles. The van der Waals surface area contributed by atoms with Gasteiger partial charge in [0.25, 0.3) is 0 Å². The summed E-state index contributed by atoms with van der Waals surface area (Å²) in [5, 5.41) is 3.59. The zero-order chi connectivity index (χ0) is 22.0. The lowest BCUT2D eigenvalue weighted by molar-refractivity contribution is 0.101. The number of carbonyl (C=O) groups excluding carboxylic acids is 1. The fourth-order valence-electron chi connectivity index (χ4n) is 3.10. The number of fused-ring (bicyclic) bond motifs is 1. The molecular formula is C23H18ClN3O3S. The minimum Gasteiger partial charge on any atom is -0.339 e. The van der Waals surface area contributed by atoms with Crippen LogP contribution in [0.3, 0.4) is 0 Å². The predicted molar refractivity (Wildman–Crippen MR) is 122 cm³/mol. The van der Waals surface area contributed by atoms with Gasteiger partial charge in [-0.1, -0.05) is 35.9 Å². The maximum Gasteiger partial charge on any atom is 0.184 e. The average molecular weight is 452 g/mol. The number of rotatable bonds is 6. The molecule has 1 heterocycles. The number of benzene rings is 3. The molecular weight excluding hydrogens is 434 g/mol. The first-order chi connectivity index (χ1) is 14.8. The summed E-state index contributed by atoms with van der Waals surface area (Å²) >= 11 is 5.89. The number of halogens is 1. The minimum atomic E-state index is -3.69. The minimum absolute atomic E-state index is 0.0706. The third-order valence-corrected chi connectivity index (χ3v) is 6.57. The first kappa shape index (κ1) is 21.0. The number of aromatic nitrogens is 2. The van der Waals surface area contributed by atoms with Gasteiger partial charge in [-0.05, 0) is 55.5 Å². The molecule has 4 rings (SSSR count). The van der Waals surface area contributed by atoms with Crippen molar-refractivity contribution >= 4 is 49.8 Å². The van der Waals surface area contributed by atoms with Crippen LogP contribution in [0.5, 0.6) is 0 Å². The highest BCUT2D eigenvalue weighted by atomic mass is 35.5. The number of Topliss-reactive ketones (excluding diaryl/α,β-unsaturated/α-hetero) is 1. The molecule has 4 aromatic rings. The number of sulfone groups is 1. The van der Waals surface area contributed by atoms with Crippen LogP contribution in [0.4, 0.5) is 11.5 Å². The second kappa shape index (κ2) is 8.45. The number of carbonyl (C=O) groups is 1. The Bertz CT molecular complexity index is 1390. The zero-order valence-corrected chi connectivity index (χ0v) is 18.1. The van der Waals surface area contributed by atoms with Crippen molar-refractivity contribution in [1.29, 1.82) is 0 Å². The third-order valence-electron chi connectivity index (χ3n) is 4.67. The van der Waals surface area contributed by atoms with E-state index in [4.69, 9.17) is 11.6 Å². The van der Waals surface area contributed by atoms with E-state index in [1.54, 1.807) is 36.4 Å². The van der Waals surface area contributed by atoms with Gasteiger partial charge in [0.05, 0.1) is 21.6 Å². The summed E-state index contributed by atoms with van der Waals surface area (Å²) in [6.45, 7) is 1.49. The van der Waals surface area contributed by atoms with Crippen LogP contribution < -0.4 is 5.32 Å². The van der Waals surface area contributed by atoms with E-state index >= 15 is 0 Å². The van der Waals surface area contributed by atoms with Gasteiger partial charge >= 0.3 is 0 Å². The molecule has 0 atom stereocenters. The molecule has 0 unspecified atom stereocenters. The quantitative estimate of drug-likeness (QED) is 0.405. The second-order valence-electron chi connectivity index (χ2n) is 6.98. The predicted octanol–water partition coefficient (Wildman–Crippen LogP) is 5.20. The molecule has 0 bridgehead atoms. The second-order valence-corrected chi connectivity index (χ2v) is 9.41. The van der Waals surface area contributed by atoms with Gasteiger partial charge < -0.3 is 5.32 Å². The van der Waals surface area contributed by atoms with Crippen molar-refractivity contribution in [3.8, 4) is 0 Å². The number of nitrogens with zero attached hydrogens (tertiary/aromatic N) is 2. The first-order valence-corrected chi connectivity index (χ1v) is 11.5. The van der Waals surface area contributed by atoms with Gasteiger partial charge in [-0.25, -0.2) is 18.4 Å². The van der Waals surface area contributed by atoms with Crippen LogP contribution in [0.15, 0.2) is 77.7 Å². The Labute approximate surface area is 184 Å². The summed E-state index contributed by atoms with van der Waals surface area (Å²) in [5.41, 5.74) is 2.64. The van der Waals surface area contributed by atoms with E-state index in [9.17, 15) is 13.2 Å². The molecule has 31 heavy (non-hydrogen) atoms. The van der Waals surface area contributed by atoms with E-state index in [-0.39, 0.29) is 22.1 Å². The Hall–Kier alpha value is -3.29. The molecule has 156 valence electrons. The van der Waals surface area contributed by atoms with Crippen molar-refractivity contribution in [2.75, 3.05) is 5.32 Å². The molecule has 0 fully saturated rings. The zero-order valence-electron chi connectivity index (χ0n) is 16.5. The molecule has 0 saturated heterocycles. The van der Waals surface area contributed by atoms with Crippen LogP contribution in [-0.4, -0.2) is 24.2 Å². The van der Waals surface area contributed by atoms with Gasteiger partial charge in [-0.2, -0.15) is 0 Å². The topological polar surface area (TPSA) is 89.0 Å². The van der Waals surface area contributed by atoms with Crippen LogP contribution in [-0.2, 0) is 15.6 Å². The fraction of sp³-hybridized carbons (Fsp3) is 0.0870. The number of ketones is 1. The van der Waals surface area contributed by atoms with Gasteiger partial charge in [0.15, 0.2) is 21.4 Å². The average Bonchev–Trinajstić information content (AvgIpc) is 2.74. The van der Waals surface area contributed by atoms with Crippen LogP contribution in [0.2, 0.25) is 5.02 Å². The summed E-state index contributed by atoms with van der Waals surface area (Å²) in [6.07, 6.45) is 0. The van der Waals surface area contributed by atoms with Gasteiger partial charge in [0.1, 0.15) is 5.75 Å². The standard InChI is InChI=1S/C23H18ClN3O3S/c1-15(28)16-5-4-6-18(13-16)25-23-22(26-20-7-2-3-8-21(20)27-23)14-31(29,30)19-11-9-17(24)10-12-19/h2-13H,14H2,1H3,(H,25,27). The van der Waals surface area contributed by atoms with Crippen molar-refractivity contribution in [2.24, 2.45) is 0 Å². The van der Waals surface area contributed by atoms with Crippen LogP contribution in [0.1, 0.15) is 23.0 Å². The SMILES string of the molecule is CC(=O)c1cccc(Nc2nc3ccccc3nc2CS(=O)(=O)c2ccc(Cl)cc2)c1. The number of nitrogens with one attached hydrogen (secondary N) is 1. The lowest BCUT2D eigenvalue weighted by atomic mass is 10.1. The first-order valence-electron chi connectivity index (χ1n) is 9.44. The molecule has 8 heteroatoms. The Morgan fingerprint density at radius 3 is 2.29 bits per heavy atom. The lowest BCUT2D eigenvalue weighted by Crippen LogP contribution is -2.10. The third kappa shape index (κ3) is 4.73. The monoisotopic (exact) mass is 451 g/mol. The van der Waals surface area contributed by atoms with E-state index in [0.717, 1.165) is 0 Å². The Morgan fingerprint density at radius 1 is 0.935 bits per heavy atom. The molecule has 0 aliphatic heterocycles. The van der Waals surface area contributed by atoms with E-state index in [2.05, 4.69) is 15.3 Å². The smallest absolute Gasteiger partial charge is 0.184 e. The van der Waals surface area contributed by atoms with Crippen LogP contribution in [0, 0.1) is 0 Å². The lowest BCUT2D eigenvalue weighted by Gasteiger charge is -2.13. The molecule has 1 N–H and O–H groups in total. The van der Waals surface area contributed by atoms with Crippen molar-refractivity contribution in [2.45, 2.75) is 17.6 Å². The molecule has 0 amide bonds. The van der Waals surface area contributed by atoms with Crippen LogP contribution >= 0.6 is 11.6 Å². The highest BCUT2D eigenvalue weighted by Crippen LogP contribution is 2.26. The maximum absolute atomic E-state index is 13.0. The summed E-state index contributed by atoms with van der Waals surface area (Å²) in [7, 11) is -3.69. The van der Waals surface area contributed by atoms with E-state index in [1.807, 2.05) is 12.1 Å². The van der Waals surface area contributed by atoms with Crippen LogP contribution in [0.25, 0.3) is 11.0 Å². The molecule has 0 radical (unpaired) electrons. The van der Waals surface area contributed by atoms with Gasteiger partial charge in [-0.15, -0.1) is 0 Å². The van der Waals surface area contributed by atoms with E-state index in [0.29, 0.717) is 33.1 Å². The highest BCUT2D eigenvalue weighted by Gasteiger charge is 2.20. The Kier molecular flexibility index (Phi) is 5.71. The van der Waals surface area contributed by atoms with E-state index < -0.39 is 9.84 Å². The summed E-state index contributed by atoms with van der Waals surface area (Å²) in [5.74, 6) is -0.1000.